The molecule has 0 bridgehead atoms. The number of ether oxygens (including phenoxy) is 8. The Balaban J connectivity index is 1.09. The number of anilines is 8. The topological polar surface area (TPSA) is 179 Å². The number of aryl methyl sites for hydroxylation is 4. The summed E-state index contributed by atoms with van der Waals surface area (Å²) in [5, 5.41) is 34.0. The number of hydrogen-bond donors (Lipinski definition) is 4. The van der Waals surface area contributed by atoms with Gasteiger partial charge in [-0.1, -0.05) is 211 Å². The molecule has 1 aliphatic carbocycles. The van der Waals surface area contributed by atoms with Crippen molar-refractivity contribution in [2.45, 2.75) is 235 Å². The molecule has 696 valence electrons. The average Bonchev–Trinajstić information content (AvgIpc) is 0.727. The van der Waals surface area contributed by atoms with Crippen LogP contribution in [0.2, 0.25) is 0 Å². The minimum Gasteiger partial charge on any atom is -0.493 e. The molecule has 16 nitrogen and oxygen atoms in total. The van der Waals surface area contributed by atoms with Gasteiger partial charge in [0.2, 0.25) is 11.8 Å². The highest BCUT2D eigenvalue weighted by Crippen LogP contribution is 2.56. The Morgan fingerprint density at radius 2 is 0.562 bits per heavy atom. The number of benzene rings is 10. The Kier molecular flexibility index (Phi) is 35.8. The van der Waals surface area contributed by atoms with Crippen molar-refractivity contribution in [1.29, 1.82) is 0 Å². The lowest BCUT2D eigenvalue weighted by Crippen LogP contribution is -2.52. The molecule has 1 saturated carbocycles. The predicted octanol–water partition coefficient (Wildman–Crippen LogP) is 29.1. The predicted molar refractivity (Wildman–Crippen MR) is 538 cm³/mol. The average molecular weight is 1770 g/mol. The van der Waals surface area contributed by atoms with E-state index in [1.54, 1.807) is 0 Å². The highest BCUT2D eigenvalue weighted by atomic mass is 16.5. The molecule has 10 aromatic carbocycles. The van der Waals surface area contributed by atoms with Gasteiger partial charge in [0.1, 0.15) is 46.0 Å². The van der Waals surface area contributed by atoms with Crippen LogP contribution >= 0.6 is 0 Å². The first-order valence-corrected chi connectivity index (χ1v) is 48.2. The summed E-state index contributed by atoms with van der Waals surface area (Å²) >= 11 is 0. The number of carbonyl (C=O) groups is 2. The van der Waals surface area contributed by atoms with Gasteiger partial charge >= 0.3 is 0 Å². The third-order valence-electron chi connectivity index (χ3n) is 24.0. The Labute approximate surface area is 777 Å². The van der Waals surface area contributed by atoms with E-state index in [0.717, 1.165) is 173 Å². The van der Waals surface area contributed by atoms with Gasteiger partial charge in [0.05, 0.1) is 87.3 Å². The Morgan fingerprint density at radius 1 is 0.323 bits per heavy atom. The zero-order valence-corrected chi connectivity index (χ0v) is 82.0. The first-order valence-electron chi connectivity index (χ1n) is 48.2. The molecule has 2 amide bonds. The highest BCUT2D eigenvalue weighted by Gasteiger charge is 2.52. The van der Waals surface area contributed by atoms with Crippen LogP contribution in [0.4, 0.5) is 45.5 Å². The van der Waals surface area contributed by atoms with Crippen LogP contribution < -0.4 is 58.3 Å². The van der Waals surface area contributed by atoms with Crippen molar-refractivity contribution < 1.29 is 57.7 Å². The molecule has 1 aliphatic rings. The molecule has 0 saturated heterocycles. The van der Waals surface area contributed by atoms with Crippen LogP contribution in [0.15, 0.2) is 182 Å². The first-order chi connectivity index (χ1) is 62.4. The third-order valence-corrected chi connectivity index (χ3v) is 24.0. The molecule has 0 aromatic heterocycles. The second-order valence-corrected chi connectivity index (χ2v) is 38.6. The number of nitrogens with one attached hydrogen (secondary N) is 2. The number of carbonyl (C=O) groups excluding carboxylic acids is 2. The van der Waals surface area contributed by atoms with E-state index in [0.29, 0.717) is 101 Å². The fourth-order valence-corrected chi connectivity index (χ4v) is 17.2. The summed E-state index contributed by atoms with van der Waals surface area (Å²) < 4.78 is 52.7. The van der Waals surface area contributed by atoms with E-state index < -0.39 is 24.0 Å². The number of unbranched alkanes of at least 4 members (excludes halogenated alkanes) is 2. The highest BCUT2D eigenvalue weighted by molar-refractivity contribution is 5.97. The molecular weight excluding hydrogens is 1620 g/mol. The van der Waals surface area contributed by atoms with Crippen molar-refractivity contribution in [3.05, 3.63) is 215 Å². The lowest BCUT2D eigenvalue weighted by Gasteiger charge is -2.48. The maximum absolute atomic E-state index is 15.3. The summed E-state index contributed by atoms with van der Waals surface area (Å²) in [5.41, 5.74) is 17.9. The summed E-state index contributed by atoms with van der Waals surface area (Å²) in [6.07, 6.45) is 3.71. The van der Waals surface area contributed by atoms with E-state index in [-0.39, 0.29) is 65.1 Å². The number of rotatable bonds is 47. The van der Waals surface area contributed by atoms with Gasteiger partial charge in [-0.2, -0.15) is 0 Å². The minimum atomic E-state index is -1.22. The molecule has 130 heavy (non-hydrogen) atoms. The normalized spacial score (nSPS) is 14.9. The Morgan fingerprint density at radius 3 is 0.769 bits per heavy atom. The van der Waals surface area contributed by atoms with Gasteiger partial charge in [-0.05, 0) is 279 Å². The molecule has 1 fully saturated rings. The molecule has 0 spiro atoms. The third kappa shape index (κ3) is 24.6. The number of nitrogens with zero attached hydrogens (tertiary/aromatic N) is 2. The Hall–Kier alpha value is -10.9. The van der Waals surface area contributed by atoms with Gasteiger partial charge in [-0.15, -0.1) is 0 Å². The quantitative estimate of drug-likeness (QED) is 0.0283. The largest absolute Gasteiger partial charge is 0.493 e. The van der Waals surface area contributed by atoms with Crippen LogP contribution in [0.1, 0.15) is 228 Å². The zero-order valence-electron chi connectivity index (χ0n) is 82.0. The second kappa shape index (κ2) is 46.7. The minimum absolute atomic E-state index is 0.144. The summed E-state index contributed by atoms with van der Waals surface area (Å²) in [6.45, 7) is 53.0. The molecule has 0 aliphatic heterocycles. The zero-order chi connectivity index (χ0) is 93.7. The fourth-order valence-electron chi connectivity index (χ4n) is 17.2. The molecular formula is C114H148N4O12. The molecule has 4 atom stereocenters. The van der Waals surface area contributed by atoms with Crippen molar-refractivity contribution in [3.8, 4) is 90.5 Å². The number of amides is 2. The van der Waals surface area contributed by atoms with E-state index in [9.17, 15) is 10.2 Å². The van der Waals surface area contributed by atoms with E-state index >= 15 is 9.59 Å². The first kappa shape index (κ1) is 99.6. The van der Waals surface area contributed by atoms with E-state index in [2.05, 4.69) is 246 Å². The number of aliphatic hydroxyl groups excluding tert-OH is 2. The monoisotopic (exact) mass is 1770 g/mol. The van der Waals surface area contributed by atoms with Crippen LogP contribution in [0.5, 0.6) is 46.0 Å². The number of hydrogen-bond acceptors (Lipinski definition) is 14. The molecule has 0 heterocycles. The molecule has 11 rings (SSSR count). The van der Waals surface area contributed by atoms with Crippen molar-refractivity contribution in [2.75, 3.05) is 73.3 Å². The van der Waals surface area contributed by atoms with Crippen LogP contribution in [0.25, 0.3) is 44.5 Å². The van der Waals surface area contributed by atoms with E-state index in [1.807, 2.05) is 116 Å². The maximum atomic E-state index is 15.3. The van der Waals surface area contributed by atoms with Crippen LogP contribution in [-0.2, 0) is 9.59 Å². The van der Waals surface area contributed by atoms with E-state index in [4.69, 9.17) is 37.9 Å². The molecule has 16 heteroatoms. The number of aliphatic hydroxyl groups is 2. The van der Waals surface area contributed by atoms with Crippen LogP contribution in [0, 0.1) is 81.0 Å². The van der Waals surface area contributed by atoms with Crippen molar-refractivity contribution in [1.82, 2.24) is 0 Å². The Bertz CT molecular complexity index is 5180. The second-order valence-electron chi connectivity index (χ2n) is 38.6. The summed E-state index contributed by atoms with van der Waals surface area (Å²) in [5.74, 6) is 5.03. The summed E-state index contributed by atoms with van der Waals surface area (Å²) in [4.78, 5) is 35.2. The maximum Gasteiger partial charge on any atom is 0.227 e. The van der Waals surface area contributed by atoms with Crippen molar-refractivity contribution >= 4 is 57.3 Å². The van der Waals surface area contributed by atoms with Gasteiger partial charge < -0.3 is 68.5 Å². The summed E-state index contributed by atoms with van der Waals surface area (Å²) in [7, 11) is 0. The lowest BCUT2D eigenvalue weighted by atomic mass is 9.62. The molecule has 10 aromatic rings. The van der Waals surface area contributed by atoms with Crippen molar-refractivity contribution in [3.63, 3.8) is 0 Å². The van der Waals surface area contributed by atoms with Gasteiger partial charge in [-0.3, -0.25) is 9.59 Å². The van der Waals surface area contributed by atoms with Crippen LogP contribution in [-0.4, -0.2) is 87.1 Å². The van der Waals surface area contributed by atoms with Gasteiger partial charge in [0, 0.05) is 69.2 Å². The lowest BCUT2D eigenvalue weighted by molar-refractivity contribution is -0.121. The molecule has 4 N–H and O–H groups in total. The summed E-state index contributed by atoms with van der Waals surface area (Å²) in [6, 6.07) is 62.0. The van der Waals surface area contributed by atoms with E-state index in [1.165, 1.54) is 0 Å². The fraction of sp³-hybridized carbons (Fsp3) is 0.456. The van der Waals surface area contributed by atoms with Crippen LogP contribution in [0.3, 0.4) is 0 Å². The molecule has 0 radical (unpaired) electrons. The van der Waals surface area contributed by atoms with Gasteiger partial charge in [0.25, 0.3) is 0 Å². The van der Waals surface area contributed by atoms with Crippen molar-refractivity contribution in [2.24, 2.45) is 53.3 Å². The smallest absolute Gasteiger partial charge is 0.227 e. The van der Waals surface area contributed by atoms with Gasteiger partial charge in [-0.25, -0.2) is 0 Å². The SMILES string of the molecule is CCCCC(CC)C(=O)Nc1cc(N(c2ccc(-c3c(OCC)cccc3OCC(C)C)cc2C)c2ccc(-c3c(OCC(C)C)cccc3OCC(C)C)cc2C)ccc1C1C(O)C(c2ccc(N(c3ccc(-c4c(OCC(C)C)cccc4OCC(C)C)cc3C)c3ccc(-c4c(OCC(C)C)cccc4OCC(C)C)cc3C)cc2NC(=O)C(CC)CCCC)C1O. The van der Waals surface area contributed by atoms with Gasteiger partial charge in [0.15, 0.2) is 0 Å². The molecule has 4 unspecified atom stereocenters. The standard InChI is InChI=1S/C114H148N4O12/c1-24-29-35-81(26-3)113(121)115-91-61-87(117(93-53-45-83(57-77(93)20)105-97(123-28-5)37-31-38-98(105)124-63-70(6)7)94-54-46-84(58-78(94)21)106-99(125-64-71(8)9)39-32-40-100(106)126-65-72(10)11)49-51-89(91)109-111(119)110(112(109)120)90-52-50-88(62-92(90)116-114(122)82(27-4)36-30-25-2)118(95-55-47-85(59-79(95)22)107-101(127-66-73(12)13)41-33-42-102(107)128-67-74(14)15)96-56-48-86(60-80(96)23)108-103(129-68-75(16)17)43-34-44-104(108)130-69-76(18)19/h31-34,37-62,70-76,81-82,109-112,119-120H,24-30,35-36,63-69H2,1-23H3,(H,115,121)(H,116,122).